The van der Waals surface area contributed by atoms with E-state index in [1.165, 1.54) is 24.5 Å². The Morgan fingerprint density at radius 2 is 1.68 bits per heavy atom. The highest BCUT2D eigenvalue weighted by atomic mass is 19.4. The maximum atomic E-state index is 12.6. The second-order valence-corrected chi connectivity index (χ2v) is 9.53. The monoisotopic (exact) mass is 557 g/mol. The molecule has 40 heavy (non-hydrogen) atoms. The Labute approximate surface area is 227 Å². The lowest BCUT2D eigenvalue weighted by Gasteiger charge is -2.20. The first-order chi connectivity index (χ1) is 18.8. The molecule has 0 unspecified atom stereocenters. The molecule has 2 aromatic heterocycles. The highest BCUT2D eigenvalue weighted by Gasteiger charge is 2.31. The zero-order valence-corrected chi connectivity index (χ0v) is 22.0. The number of nitrogens with zero attached hydrogens (tertiary/aromatic N) is 3. The van der Waals surface area contributed by atoms with Gasteiger partial charge in [0.25, 0.3) is 0 Å². The number of carbonyl (C=O) groups is 1. The lowest BCUT2D eigenvalue weighted by molar-refractivity contribution is -0.274. The number of oxazole rings is 1. The third kappa shape index (κ3) is 6.87. The van der Waals surface area contributed by atoms with E-state index in [9.17, 15) is 23.1 Å². The fourth-order valence-electron chi connectivity index (χ4n) is 3.58. The first-order valence-electron chi connectivity index (χ1n) is 12.1. The van der Waals surface area contributed by atoms with Crippen LogP contribution < -0.4 is 14.2 Å². The molecule has 12 heteroatoms. The van der Waals surface area contributed by atoms with Crippen LogP contribution >= 0.6 is 0 Å². The van der Waals surface area contributed by atoms with E-state index in [4.69, 9.17) is 13.9 Å². The van der Waals surface area contributed by atoms with Crippen LogP contribution in [0.1, 0.15) is 39.1 Å². The van der Waals surface area contributed by atoms with E-state index in [-0.39, 0.29) is 36.1 Å². The summed E-state index contributed by atoms with van der Waals surface area (Å²) in [6.45, 7) is 6.74. The number of aromatic nitrogens is 3. The molecule has 9 nitrogen and oxygen atoms in total. The highest BCUT2D eigenvalue weighted by Crippen LogP contribution is 2.35. The van der Waals surface area contributed by atoms with E-state index in [1.807, 2.05) is 13.8 Å². The van der Waals surface area contributed by atoms with E-state index < -0.39 is 17.7 Å². The molecule has 0 aliphatic rings. The second-order valence-electron chi connectivity index (χ2n) is 9.53. The predicted molar refractivity (Wildman–Crippen MR) is 137 cm³/mol. The Hall–Kier alpha value is -4.61. The number of halogens is 3. The maximum absolute atomic E-state index is 12.6. The van der Waals surface area contributed by atoms with Gasteiger partial charge in [0.15, 0.2) is 12.4 Å². The Kier molecular flexibility index (Phi) is 7.98. The van der Waals surface area contributed by atoms with Crippen LogP contribution in [-0.2, 0) is 16.8 Å². The van der Waals surface area contributed by atoms with Gasteiger partial charge in [0.1, 0.15) is 17.2 Å². The van der Waals surface area contributed by atoms with Gasteiger partial charge in [-0.25, -0.2) is 15.0 Å². The largest absolute Gasteiger partial charge is 0.573 e. The topological polar surface area (TPSA) is 117 Å². The van der Waals surface area contributed by atoms with Gasteiger partial charge >= 0.3 is 18.3 Å². The van der Waals surface area contributed by atoms with Crippen molar-refractivity contribution in [1.82, 2.24) is 15.0 Å². The molecule has 0 saturated heterocycles. The zero-order chi connectivity index (χ0) is 29.1. The minimum atomic E-state index is -4.82. The number of benzene rings is 2. The van der Waals surface area contributed by atoms with Crippen LogP contribution in [0.4, 0.5) is 13.2 Å². The molecular formula is C28H26F3N3O6. The molecule has 2 heterocycles. The molecule has 2 aromatic carbocycles. The summed E-state index contributed by atoms with van der Waals surface area (Å²) in [5, 5.41) is 9.53. The smallest absolute Gasteiger partial charge is 0.484 e. The van der Waals surface area contributed by atoms with Crippen molar-refractivity contribution in [3.05, 3.63) is 72.4 Å². The third-order valence-corrected chi connectivity index (χ3v) is 5.72. The molecular weight excluding hydrogens is 531 g/mol. The molecule has 0 bridgehead atoms. The lowest BCUT2D eigenvalue weighted by Crippen LogP contribution is -2.28. The molecule has 0 atom stereocenters. The molecule has 0 radical (unpaired) electrons. The van der Waals surface area contributed by atoms with Gasteiger partial charge in [-0.05, 0) is 69.7 Å². The summed E-state index contributed by atoms with van der Waals surface area (Å²) in [6, 6.07) is 12.0. The standard InChI is InChI=1S/C28H26F3N3O6/c1-16(2)38-26-32-13-18(14-33-26)23-24(17-8-10-20(11-9-17)40-28(29,30)31)39-22(34-23)15-37-21-7-5-6-19(12-21)27(3,4)25(35)36/h5-14,16H,15H2,1-4H3,(H,35,36). The zero-order valence-electron chi connectivity index (χ0n) is 22.0. The Morgan fingerprint density at radius 3 is 2.27 bits per heavy atom. The van der Waals surface area contributed by atoms with Crippen molar-refractivity contribution in [1.29, 1.82) is 0 Å². The van der Waals surface area contributed by atoms with Gasteiger partial charge in [0.05, 0.1) is 11.5 Å². The minimum Gasteiger partial charge on any atom is -0.484 e. The maximum Gasteiger partial charge on any atom is 0.573 e. The SMILES string of the molecule is CC(C)Oc1ncc(-c2nc(COc3cccc(C(C)(C)C(=O)O)c3)oc2-c2ccc(OC(F)(F)F)cc2)cn1. The van der Waals surface area contributed by atoms with E-state index in [0.717, 1.165) is 12.1 Å². The fourth-order valence-corrected chi connectivity index (χ4v) is 3.58. The number of aliphatic carboxylic acids is 1. The Morgan fingerprint density at radius 1 is 1.00 bits per heavy atom. The van der Waals surface area contributed by atoms with Crippen LogP contribution in [0.3, 0.4) is 0 Å². The quantitative estimate of drug-likeness (QED) is 0.236. The fraction of sp³-hybridized carbons (Fsp3) is 0.286. The normalized spacial score (nSPS) is 11.9. The van der Waals surface area contributed by atoms with Crippen molar-refractivity contribution < 1.29 is 41.7 Å². The minimum absolute atomic E-state index is 0.116. The van der Waals surface area contributed by atoms with E-state index in [2.05, 4.69) is 19.7 Å². The molecule has 0 aliphatic carbocycles. The summed E-state index contributed by atoms with van der Waals surface area (Å²) in [5.41, 5.74) is 0.655. The molecule has 4 aromatic rings. The van der Waals surface area contributed by atoms with Crippen molar-refractivity contribution in [3.63, 3.8) is 0 Å². The van der Waals surface area contributed by atoms with Crippen molar-refractivity contribution >= 4 is 5.97 Å². The van der Waals surface area contributed by atoms with Crippen LogP contribution in [0.25, 0.3) is 22.6 Å². The summed E-state index contributed by atoms with van der Waals surface area (Å²) in [4.78, 5) is 24.6. The molecule has 0 amide bonds. The number of ether oxygens (including phenoxy) is 3. The van der Waals surface area contributed by atoms with E-state index in [0.29, 0.717) is 28.1 Å². The third-order valence-electron chi connectivity index (χ3n) is 5.72. The lowest BCUT2D eigenvalue weighted by atomic mass is 9.85. The van der Waals surface area contributed by atoms with Crippen molar-refractivity contribution in [2.45, 2.75) is 52.2 Å². The molecule has 0 fully saturated rings. The number of alkyl halides is 3. The van der Waals surface area contributed by atoms with Gasteiger partial charge in [-0.3, -0.25) is 4.79 Å². The summed E-state index contributed by atoms with van der Waals surface area (Å²) in [7, 11) is 0. The van der Waals surface area contributed by atoms with Crippen molar-refractivity contribution in [2.75, 3.05) is 0 Å². The Balaban J connectivity index is 1.64. The molecule has 0 spiro atoms. The van der Waals surface area contributed by atoms with Crippen LogP contribution in [0, 0.1) is 0 Å². The van der Waals surface area contributed by atoms with Gasteiger partial charge < -0.3 is 23.7 Å². The first-order valence-corrected chi connectivity index (χ1v) is 12.1. The van der Waals surface area contributed by atoms with Gasteiger partial charge in [0, 0.05) is 23.5 Å². The number of rotatable bonds is 10. The first kappa shape index (κ1) is 28.4. The van der Waals surface area contributed by atoms with Crippen LogP contribution in [0.2, 0.25) is 0 Å². The average Bonchev–Trinajstić information content (AvgIpc) is 3.31. The number of carboxylic acids is 1. The van der Waals surface area contributed by atoms with Crippen molar-refractivity contribution in [3.8, 4) is 40.1 Å². The van der Waals surface area contributed by atoms with Crippen LogP contribution in [0.15, 0.2) is 65.3 Å². The summed E-state index contributed by atoms with van der Waals surface area (Å²) in [5.74, 6) is -0.556. The van der Waals surface area contributed by atoms with Gasteiger partial charge in [-0.2, -0.15) is 0 Å². The number of carboxylic acid groups (broad SMARTS) is 1. The summed E-state index contributed by atoms with van der Waals surface area (Å²) >= 11 is 0. The summed E-state index contributed by atoms with van der Waals surface area (Å²) < 4.78 is 59.1. The molecule has 0 aliphatic heterocycles. The van der Waals surface area contributed by atoms with Gasteiger partial charge in [-0.15, -0.1) is 13.2 Å². The number of hydrogen-bond acceptors (Lipinski definition) is 8. The van der Waals surface area contributed by atoms with Crippen molar-refractivity contribution in [2.24, 2.45) is 0 Å². The van der Waals surface area contributed by atoms with Crippen LogP contribution in [-0.4, -0.2) is 38.5 Å². The van der Waals surface area contributed by atoms with Gasteiger partial charge in [-0.1, -0.05) is 12.1 Å². The van der Waals surface area contributed by atoms with E-state index in [1.54, 1.807) is 38.1 Å². The molecule has 210 valence electrons. The molecule has 0 saturated carbocycles. The predicted octanol–water partition coefficient (Wildman–Crippen LogP) is 6.43. The Bertz CT molecular complexity index is 1470. The second kappa shape index (κ2) is 11.2. The number of hydrogen-bond donors (Lipinski definition) is 1. The average molecular weight is 558 g/mol. The van der Waals surface area contributed by atoms with Gasteiger partial charge in [0.2, 0.25) is 5.89 Å². The molecule has 1 N–H and O–H groups in total. The van der Waals surface area contributed by atoms with Crippen LogP contribution in [0.5, 0.6) is 17.5 Å². The van der Waals surface area contributed by atoms with E-state index >= 15 is 0 Å². The molecule has 4 rings (SSSR count). The highest BCUT2D eigenvalue weighted by molar-refractivity contribution is 5.80. The summed E-state index contributed by atoms with van der Waals surface area (Å²) in [6.07, 6.45) is -1.96.